The van der Waals surface area contributed by atoms with Gasteiger partial charge in [-0.25, -0.2) is 4.39 Å². The lowest BCUT2D eigenvalue weighted by Crippen LogP contribution is -2.39. The van der Waals surface area contributed by atoms with E-state index in [1.807, 2.05) is 0 Å². The van der Waals surface area contributed by atoms with Gasteiger partial charge in [-0.15, -0.1) is 0 Å². The summed E-state index contributed by atoms with van der Waals surface area (Å²) in [6.07, 6.45) is 3.72. The van der Waals surface area contributed by atoms with Gasteiger partial charge in [0.25, 0.3) is 0 Å². The highest BCUT2D eigenvalue weighted by Gasteiger charge is 2.42. The van der Waals surface area contributed by atoms with Crippen LogP contribution in [0.15, 0.2) is 24.3 Å². The number of hydrogen-bond donors (Lipinski definition) is 1. The van der Waals surface area contributed by atoms with Crippen LogP contribution in [0.25, 0.3) is 0 Å². The normalized spacial score (nSPS) is 17.2. The first kappa shape index (κ1) is 15.5. The Kier molecular flexibility index (Phi) is 4.60. The van der Waals surface area contributed by atoms with Crippen LogP contribution in [0.5, 0.6) is 0 Å². The SMILES string of the molecule is CN(C(=O)CC1(C(=O)O)CCCCC1)c1cccc(F)c1. The fraction of sp³-hybridized carbons (Fsp3) is 0.500. The number of carboxylic acids is 1. The smallest absolute Gasteiger partial charge is 0.310 e. The summed E-state index contributed by atoms with van der Waals surface area (Å²) in [5, 5.41) is 9.50. The highest BCUT2D eigenvalue weighted by molar-refractivity contribution is 5.95. The zero-order valence-electron chi connectivity index (χ0n) is 12.1. The fourth-order valence-electron chi connectivity index (χ4n) is 2.93. The monoisotopic (exact) mass is 293 g/mol. The number of rotatable bonds is 4. The van der Waals surface area contributed by atoms with E-state index in [1.165, 1.54) is 23.1 Å². The van der Waals surface area contributed by atoms with E-state index in [4.69, 9.17) is 0 Å². The Morgan fingerprint density at radius 1 is 1.29 bits per heavy atom. The van der Waals surface area contributed by atoms with Gasteiger partial charge < -0.3 is 10.0 Å². The number of benzene rings is 1. The first-order valence-corrected chi connectivity index (χ1v) is 7.20. The molecule has 0 atom stereocenters. The Labute approximate surface area is 123 Å². The van der Waals surface area contributed by atoms with Crippen LogP contribution in [0.3, 0.4) is 0 Å². The summed E-state index contributed by atoms with van der Waals surface area (Å²) in [5.41, 5.74) is -0.520. The standard InChI is InChI=1S/C16H20FNO3/c1-18(13-7-5-6-12(17)10-13)14(19)11-16(15(20)21)8-3-2-4-9-16/h5-7,10H,2-4,8-9,11H2,1H3,(H,20,21). The lowest BCUT2D eigenvalue weighted by Gasteiger charge is -2.33. The molecule has 0 aliphatic heterocycles. The molecule has 114 valence electrons. The molecule has 0 spiro atoms. The van der Waals surface area contributed by atoms with E-state index in [0.29, 0.717) is 18.5 Å². The average Bonchev–Trinajstić information content (AvgIpc) is 2.47. The van der Waals surface area contributed by atoms with Crippen LogP contribution < -0.4 is 4.90 Å². The van der Waals surface area contributed by atoms with Crippen molar-refractivity contribution >= 4 is 17.6 Å². The van der Waals surface area contributed by atoms with Crippen LogP contribution in [0.4, 0.5) is 10.1 Å². The van der Waals surface area contributed by atoms with E-state index in [0.717, 1.165) is 19.3 Å². The molecule has 1 aromatic rings. The van der Waals surface area contributed by atoms with Crippen molar-refractivity contribution in [2.75, 3.05) is 11.9 Å². The maximum absolute atomic E-state index is 13.2. The van der Waals surface area contributed by atoms with Crippen LogP contribution in [0.2, 0.25) is 0 Å². The van der Waals surface area contributed by atoms with Gasteiger partial charge in [0, 0.05) is 19.2 Å². The lowest BCUT2D eigenvalue weighted by atomic mass is 9.71. The van der Waals surface area contributed by atoms with E-state index < -0.39 is 17.2 Å². The Morgan fingerprint density at radius 2 is 1.95 bits per heavy atom. The van der Waals surface area contributed by atoms with Gasteiger partial charge in [-0.1, -0.05) is 25.3 Å². The molecule has 1 fully saturated rings. The molecule has 0 heterocycles. The number of carbonyl (C=O) groups excluding carboxylic acids is 1. The Bertz CT molecular complexity index is 538. The first-order valence-electron chi connectivity index (χ1n) is 7.20. The molecule has 0 radical (unpaired) electrons. The highest BCUT2D eigenvalue weighted by atomic mass is 19.1. The number of anilines is 1. The summed E-state index contributed by atoms with van der Waals surface area (Å²) >= 11 is 0. The number of carboxylic acid groups (broad SMARTS) is 1. The maximum atomic E-state index is 13.2. The molecule has 2 rings (SSSR count). The van der Waals surface area contributed by atoms with Crippen molar-refractivity contribution in [3.05, 3.63) is 30.1 Å². The van der Waals surface area contributed by atoms with Crippen LogP contribution in [-0.2, 0) is 9.59 Å². The predicted molar refractivity (Wildman–Crippen MR) is 77.6 cm³/mol. The van der Waals surface area contributed by atoms with Crippen molar-refractivity contribution in [2.45, 2.75) is 38.5 Å². The molecule has 1 aromatic carbocycles. The van der Waals surface area contributed by atoms with Crippen molar-refractivity contribution in [1.29, 1.82) is 0 Å². The minimum absolute atomic E-state index is 0.0324. The number of halogens is 1. The van der Waals surface area contributed by atoms with Crippen molar-refractivity contribution in [3.8, 4) is 0 Å². The molecular formula is C16H20FNO3. The minimum Gasteiger partial charge on any atom is -0.481 e. The fourth-order valence-corrected chi connectivity index (χ4v) is 2.93. The zero-order valence-corrected chi connectivity index (χ0v) is 12.1. The van der Waals surface area contributed by atoms with Gasteiger partial charge in [-0.3, -0.25) is 9.59 Å². The first-order chi connectivity index (χ1) is 9.94. The summed E-state index contributed by atoms with van der Waals surface area (Å²) in [6, 6.07) is 5.74. The third-order valence-corrected chi connectivity index (χ3v) is 4.32. The molecule has 0 bridgehead atoms. The molecule has 1 N–H and O–H groups in total. The number of amides is 1. The van der Waals surface area contributed by atoms with Gasteiger partial charge in [0.05, 0.1) is 5.41 Å². The van der Waals surface area contributed by atoms with E-state index in [1.54, 1.807) is 13.1 Å². The van der Waals surface area contributed by atoms with Crippen molar-refractivity contribution in [3.63, 3.8) is 0 Å². The Morgan fingerprint density at radius 3 is 2.52 bits per heavy atom. The summed E-state index contributed by atoms with van der Waals surface area (Å²) in [4.78, 5) is 25.3. The van der Waals surface area contributed by atoms with Gasteiger partial charge in [-0.05, 0) is 31.0 Å². The van der Waals surface area contributed by atoms with Crippen molar-refractivity contribution in [2.24, 2.45) is 5.41 Å². The molecule has 0 aromatic heterocycles. The molecule has 1 aliphatic carbocycles. The second kappa shape index (κ2) is 6.24. The molecule has 0 saturated heterocycles. The van der Waals surface area contributed by atoms with Gasteiger partial charge in [0.1, 0.15) is 5.82 Å². The number of nitrogens with zero attached hydrogens (tertiary/aromatic N) is 1. The Hall–Kier alpha value is -1.91. The summed E-state index contributed by atoms with van der Waals surface area (Å²) < 4.78 is 13.2. The molecule has 4 nitrogen and oxygen atoms in total. The molecule has 1 saturated carbocycles. The van der Waals surface area contributed by atoms with Gasteiger partial charge in [0.15, 0.2) is 0 Å². The molecule has 0 unspecified atom stereocenters. The number of carbonyl (C=O) groups is 2. The van der Waals surface area contributed by atoms with Crippen molar-refractivity contribution < 1.29 is 19.1 Å². The second-order valence-electron chi connectivity index (χ2n) is 5.76. The average molecular weight is 293 g/mol. The van der Waals surface area contributed by atoms with E-state index in [2.05, 4.69) is 0 Å². The lowest BCUT2D eigenvalue weighted by molar-refractivity contribution is -0.153. The quantitative estimate of drug-likeness (QED) is 0.927. The molecule has 1 aliphatic rings. The molecule has 1 amide bonds. The number of aliphatic carboxylic acids is 1. The molecule has 21 heavy (non-hydrogen) atoms. The van der Waals surface area contributed by atoms with Crippen LogP contribution in [0.1, 0.15) is 38.5 Å². The minimum atomic E-state index is -0.961. The van der Waals surface area contributed by atoms with Crippen molar-refractivity contribution in [1.82, 2.24) is 0 Å². The Balaban J connectivity index is 2.13. The second-order valence-corrected chi connectivity index (χ2v) is 5.76. The van der Waals surface area contributed by atoms with Gasteiger partial charge in [0.2, 0.25) is 5.91 Å². The predicted octanol–water partition coefficient (Wildman–Crippen LogP) is 3.21. The van der Waals surface area contributed by atoms with Gasteiger partial charge >= 0.3 is 5.97 Å². The summed E-state index contributed by atoms with van der Waals surface area (Å²) in [6.45, 7) is 0. The highest BCUT2D eigenvalue weighted by Crippen LogP contribution is 2.40. The van der Waals surface area contributed by atoms with E-state index in [9.17, 15) is 19.1 Å². The summed E-state index contributed by atoms with van der Waals surface area (Å²) in [5.74, 6) is -1.61. The van der Waals surface area contributed by atoms with Crippen LogP contribution in [-0.4, -0.2) is 24.0 Å². The third kappa shape index (κ3) is 3.40. The van der Waals surface area contributed by atoms with Gasteiger partial charge in [-0.2, -0.15) is 0 Å². The zero-order chi connectivity index (χ0) is 15.5. The largest absolute Gasteiger partial charge is 0.481 e. The number of hydrogen-bond acceptors (Lipinski definition) is 2. The summed E-state index contributed by atoms with van der Waals surface area (Å²) in [7, 11) is 1.55. The van der Waals surface area contributed by atoms with Crippen LogP contribution in [0, 0.1) is 11.2 Å². The van der Waals surface area contributed by atoms with E-state index >= 15 is 0 Å². The van der Waals surface area contributed by atoms with Crippen LogP contribution >= 0.6 is 0 Å². The molecular weight excluding hydrogens is 273 g/mol. The van der Waals surface area contributed by atoms with E-state index in [-0.39, 0.29) is 12.3 Å². The third-order valence-electron chi connectivity index (χ3n) is 4.32. The topological polar surface area (TPSA) is 57.6 Å². The maximum Gasteiger partial charge on any atom is 0.310 e. The molecule has 5 heteroatoms.